The van der Waals surface area contributed by atoms with Crippen molar-refractivity contribution in [3.63, 3.8) is 0 Å². The summed E-state index contributed by atoms with van der Waals surface area (Å²) in [6, 6.07) is 10.6. The minimum absolute atomic E-state index is 0.260. The first-order valence-electron chi connectivity index (χ1n) is 7.36. The number of hydrogen-bond acceptors (Lipinski definition) is 5. The van der Waals surface area contributed by atoms with Crippen molar-refractivity contribution >= 4 is 29.3 Å². The van der Waals surface area contributed by atoms with Crippen LogP contribution >= 0.6 is 11.6 Å². The molecular formula is C17H17ClN2O4. The van der Waals surface area contributed by atoms with Crippen LogP contribution in [0.2, 0.25) is 5.02 Å². The number of rotatable bonds is 7. The second-order valence-electron chi connectivity index (χ2n) is 4.82. The lowest BCUT2D eigenvalue weighted by Crippen LogP contribution is -2.24. The monoisotopic (exact) mass is 348 g/mol. The summed E-state index contributed by atoms with van der Waals surface area (Å²) >= 11 is 5.70. The summed E-state index contributed by atoms with van der Waals surface area (Å²) in [5.41, 5.74) is 0.997. The van der Waals surface area contributed by atoms with Gasteiger partial charge in [-0.3, -0.25) is 4.79 Å². The molecule has 0 bridgehead atoms. The van der Waals surface area contributed by atoms with Crippen LogP contribution in [0.15, 0.2) is 42.6 Å². The van der Waals surface area contributed by atoms with Crippen LogP contribution in [0.1, 0.15) is 12.5 Å². The molecule has 2 aromatic rings. The van der Waals surface area contributed by atoms with E-state index in [1.54, 1.807) is 18.2 Å². The van der Waals surface area contributed by atoms with Crippen LogP contribution in [-0.2, 0) is 20.7 Å². The highest BCUT2D eigenvalue weighted by atomic mass is 35.5. The Morgan fingerprint density at radius 2 is 1.96 bits per heavy atom. The number of ether oxygens (including phenoxy) is 2. The van der Waals surface area contributed by atoms with E-state index < -0.39 is 18.5 Å². The third kappa shape index (κ3) is 5.55. The molecule has 1 aromatic carbocycles. The van der Waals surface area contributed by atoms with Gasteiger partial charge in [0.2, 0.25) is 0 Å². The van der Waals surface area contributed by atoms with Gasteiger partial charge in [0.1, 0.15) is 11.6 Å². The van der Waals surface area contributed by atoms with Crippen molar-refractivity contribution in [3.05, 3.63) is 53.2 Å². The van der Waals surface area contributed by atoms with Gasteiger partial charge in [0.05, 0.1) is 5.02 Å². The number of carbonyl (C=O) groups is 2. The van der Waals surface area contributed by atoms with Gasteiger partial charge in [-0.05, 0) is 30.2 Å². The highest BCUT2D eigenvalue weighted by molar-refractivity contribution is 6.30. The van der Waals surface area contributed by atoms with Crippen LogP contribution in [0, 0.1) is 0 Å². The largest absolute Gasteiger partial charge is 0.482 e. The van der Waals surface area contributed by atoms with Gasteiger partial charge in [0, 0.05) is 6.20 Å². The van der Waals surface area contributed by atoms with E-state index in [1.807, 2.05) is 25.1 Å². The number of esters is 1. The second-order valence-corrected chi connectivity index (χ2v) is 5.26. The molecule has 0 aliphatic heterocycles. The quantitative estimate of drug-likeness (QED) is 0.778. The second kappa shape index (κ2) is 8.88. The number of nitrogens with zero attached hydrogens (tertiary/aromatic N) is 1. The van der Waals surface area contributed by atoms with Crippen molar-refractivity contribution in [2.45, 2.75) is 13.3 Å². The zero-order valence-corrected chi connectivity index (χ0v) is 13.9. The summed E-state index contributed by atoms with van der Waals surface area (Å²) in [6.45, 7) is 1.32. The Kier molecular flexibility index (Phi) is 6.57. The van der Waals surface area contributed by atoms with Crippen molar-refractivity contribution in [2.75, 3.05) is 18.5 Å². The normalized spacial score (nSPS) is 10.1. The predicted molar refractivity (Wildman–Crippen MR) is 90.2 cm³/mol. The molecule has 7 heteroatoms. The predicted octanol–water partition coefficient (Wildman–Crippen LogP) is 2.86. The molecule has 0 saturated carbocycles. The highest BCUT2D eigenvalue weighted by Crippen LogP contribution is 2.18. The molecule has 0 spiro atoms. The number of carbonyl (C=O) groups excluding carboxylic acids is 2. The molecule has 2 rings (SSSR count). The van der Waals surface area contributed by atoms with Gasteiger partial charge in [-0.2, -0.15) is 0 Å². The fourth-order valence-electron chi connectivity index (χ4n) is 1.89. The molecule has 1 N–H and O–H groups in total. The Morgan fingerprint density at radius 1 is 1.17 bits per heavy atom. The lowest BCUT2D eigenvalue weighted by Gasteiger charge is -2.10. The highest BCUT2D eigenvalue weighted by Gasteiger charge is 2.10. The van der Waals surface area contributed by atoms with Gasteiger partial charge >= 0.3 is 5.97 Å². The molecule has 0 aliphatic rings. The molecule has 0 saturated heterocycles. The van der Waals surface area contributed by atoms with Gasteiger partial charge in [0.15, 0.2) is 13.2 Å². The Hall–Kier alpha value is -2.60. The Morgan fingerprint density at radius 3 is 2.67 bits per heavy atom. The average molecular weight is 349 g/mol. The van der Waals surface area contributed by atoms with Crippen molar-refractivity contribution in [1.29, 1.82) is 0 Å². The summed E-state index contributed by atoms with van der Waals surface area (Å²) < 4.78 is 10.3. The Balaban J connectivity index is 1.74. The van der Waals surface area contributed by atoms with Crippen molar-refractivity contribution in [2.24, 2.45) is 0 Å². The lowest BCUT2D eigenvalue weighted by atomic mass is 10.1. The number of benzene rings is 1. The average Bonchev–Trinajstić information content (AvgIpc) is 2.60. The lowest BCUT2D eigenvalue weighted by molar-refractivity contribution is -0.149. The molecule has 1 amide bonds. The number of halogens is 1. The molecule has 0 fully saturated rings. The molecule has 0 unspecified atom stereocenters. The molecule has 0 atom stereocenters. The standard InChI is InChI=1S/C17H17ClN2O4/c1-2-12-5-3-4-6-14(12)23-11-17(22)24-10-16(21)20-15-8-7-13(18)9-19-15/h3-9H,2,10-11H2,1H3,(H,19,20,21). The van der Waals surface area contributed by atoms with Crippen LogP contribution in [-0.4, -0.2) is 30.1 Å². The van der Waals surface area contributed by atoms with Crippen LogP contribution in [0.3, 0.4) is 0 Å². The van der Waals surface area contributed by atoms with Crippen molar-refractivity contribution in [3.8, 4) is 5.75 Å². The van der Waals surface area contributed by atoms with E-state index >= 15 is 0 Å². The molecule has 0 aliphatic carbocycles. The molecule has 6 nitrogen and oxygen atoms in total. The summed E-state index contributed by atoms with van der Waals surface area (Å²) in [4.78, 5) is 27.2. The van der Waals surface area contributed by atoms with Crippen LogP contribution in [0.4, 0.5) is 5.82 Å². The number of pyridine rings is 1. The first kappa shape index (κ1) is 17.7. The molecule has 1 aromatic heterocycles. The summed E-state index contributed by atoms with van der Waals surface area (Å²) in [5, 5.41) is 2.95. The van der Waals surface area contributed by atoms with E-state index in [-0.39, 0.29) is 6.61 Å². The maximum absolute atomic E-state index is 11.7. The van der Waals surface area contributed by atoms with E-state index in [2.05, 4.69) is 10.3 Å². The van der Waals surface area contributed by atoms with Gasteiger partial charge in [-0.25, -0.2) is 9.78 Å². The third-order valence-electron chi connectivity index (χ3n) is 3.06. The third-order valence-corrected chi connectivity index (χ3v) is 3.28. The minimum atomic E-state index is -0.625. The topological polar surface area (TPSA) is 77.5 Å². The summed E-state index contributed by atoms with van der Waals surface area (Å²) in [6.07, 6.45) is 2.20. The van der Waals surface area contributed by atoms with E-state index in [9.17, 15) is 9.59 Å². The zero-order chi connectivity index (χ0) is 17.4. The van der Waals surface area contributed by atoms with E-state index in [1.165, 1.54) is 6.20 Å². The maximum atomic E-state index is 11.7. The van der Waals surface area contributed by atoms with Gasteiger partial charge in [0.25, 0.3) is 5.91 Å². The van der Waals surface area contributed by atoms with Crippen molar-refractivity contribution in [1.82, 2.24) is 4.98 Å². The molecule has 1 heterocycles. The Labute approximate surface area is 144 Å². The summed E-state index contributed by atoms with van der Waals surface area (Å²) in [5.74, 6) is -0.160. The van der Waals surface area contributed by atoms with E-state index in [0.29, 0.717) is 16.6 Å². The minimum Gasteiger partial charge on any atom is -0.482 e. The molecule has 24 heavy (non-hydrogen) atoms. The van der Waals surface area contributed by atoms with Gasteiger partial charge in [-0.1, -0.05) is 36.7 Å². The van der Waals surface area contributed by atoms with Crippen LogP contribution in [0.25, 0.3) is 0 Å². The maximum Gasteiger partial charge on any atom is 0.344 e. The van der Waals surface area contributed by atoms with Crippen LogP contribution in [0.5, 0.6) is 5.75 Å². The number of hydrogen-bond donors (Lipinski definition) is 1. The number of nitrogens with one attached hydrogen (secondary N) is 1. The van der Waals surface area contributed by atoms with Gasteiger partial charge in [-0.15, -0.1) is 0 Å². The first-order chi connectivity index (χ1) is 11.6. The summed E-state index contributed by atoms with van der Waals surface area (Å²) in [7, 11) is 0. The number of amides is 1. The van der Waals surface area contributed by atoms with Crippen LogP contribution < -0.4 is 10.1 Å². The van der Waals surface area contributed by atoms with Crippen molar-refractivity contribution < 1.29 is 19.1 Å². The molecule has 126 valence electrons. The number of aromatic nitrogens is 1. The Bertz CT molecular complexity index is 704. The van der Waals surface area contributed by atoms with Gasteiger partial charge < -0.3 is 14.8 Å². The SMILES string of the molecule is CCc1ccccc1OCC(=O)OCC(=O)Nc1ccc(Cl)cn1. The fourth-order valence-corrected chi connectivity index (χ4v) is 2.00. The fraction of sp³-hybridized carbons (Fsp3) is 0.235. The van der Waals surface area contributed by atoms with E-state index in [0.717, 1.165) is 12.0 Å². The first-order valence-corrected chi connectivity index (χ1v) is 7.74. The van der Waals surface area contributed by atoms with E-state index in [4.69, 9.17) is 21.1 Å². The molecule has 0 radical (unpaired) electrons. The zero-order valence-electron chi connectivity index (χ0n) is 13.1. The number of anilines is 1. The number of para-hydroxylation sites is 1. The smallest absolute Gasteiger partial charge is 0.344 e. The number of aryl methyl sites for hydroxylation is 1. The molecular weight excluding hydrogens is 332 g/mol.